The Morgan fingerprint density at radius 1 is 1.18 bits per heavy atom. The Bertz CT molecular complexity index is 540. The minimum Gasteiger partial charge on any atom is -0.425 e. The summed E-state index contributed by atoms with van der Waals surface area (Å²) in [5, 5.41) is 5.02. The molecule has 0 radical (unpaired) electrons. The predicted octanol–water partition coefficient (Wildman–Crippen LogP) is 0.650. The molecule has 2 amide bonds. The van der Waals surface area contributed by atoms with Crippen LogP contribution in [0.25, 0.3) is 0 Å². The molecular weight excluding hydrogens is 286 g/mol. The second-order valence-electron chi connectivity index (χ2n) is 5.17. The summed E-state index contributed by atoms with van der Waals surface area (Å²) in [5.74, 6) is -0.877. The summed E-state index contributed by atoms with van der Waals surface area (Å²) < 4.78 is 5.06. The van der Waals surface area contributed by atoms with Gasteiger partial charge in [0.2, 0.25) is 11.8 Å². The van der Waals surface area contributed by atoms with E-state index in [1.165, 1.54) is 6.92 Å². The number of ether oxygens (including phenoxy) is 1. The van der Waals surface area contributed by atoms with E-state index in [9.17, 15) is 14.4 Å². The molecule has 7 heteroatoms. The van der Waals surface area contributed by atoms with Crippen LogP contribution in [0.5, 0.6) is 5.75 Å². The highest BCUT2D eigenvalue weighted by Gasteiger charge is 2.18. The van der Waals surface area contributed by atoms with Crippen molar-refractivity contribution >= 4 is 23.5 Å². The molecule has 0 aliphatic heterocycles. The predicted molar refractivity (Wildman–Crippen MR) is 82.2 cm³/mol. The maximum absolute atomic E-state index is 11.6. The van der Waals surface area contributed by atoms with Crippen molar-refractivity contribution < 1.29 is 19.1 Å². The van der Waals surface area contributed by atoms with Crippen molar-refractivity contribution in [2.75, 3.05) is 11.9 Å². The molecule has 0 saturated carbocycles. The van der Waals surface area contributed by atoms with Gasteiger partial charge in [-0.2, -0.15) is 0 Å². The van der Waals surface area contributed by atoms with Gasteiger partial charge in [-0.1, -0.05) is 13.8 Å². The lowest BCUT2D eigenvalue weighted by Crippen LogP contribution is -2.46. The van der Waals surface area contributed by atoms with Gasteiger partial charge in [0.1, 0.15) is 12.3 Å². The van der Waals surface area contributed by atoms with Gasteiger partial charge in [-0.3, -0.25) is 9.59 Å². The summed E-state index contributed by atoms with van der Waals surface area (Å²) in [6, 6.07) is 5.65. The average Bonchev–Trinajstić information content (AvgIpc) is 2.45. The Labute approximate surface area is 129 Å². The topological polar surface area (TPSA) is 111 Å². The zero-order valence-corrected chi connectivity index (χ0v) is 12.9. The highest BCUT2D eigenvalue weighted by Crippen LogP contribution is 2.15. The number of carbonyl (C=O) groups excluding carboxylic acids is 3. The molecule has 1 atom stereocenters. The molecule has 0 bridgehead atoms. The van der Waals surface area contributed by atoms with Crippen LogP contribution in [0.4, 0.5) is 5.69 Å². The van der Waals surface area contributed by atoms with Crippen molar-refractivity contribution in [1.82, 2.24) is 5.32 Å². The number of rotatable bonds is 6. The molecule has 0 fully saturated rings. The number of benzene rings is 1. The first-order valence-electron chi connectivity index (χ1n) is 6.91. The summed E-state index contributed by atoms with van der Waals surface area (Å²) >= 11 is 0. The third kappa shape index (κ3) is 5.92. The fraction of sp³-hybridized carbons (Fsp3) is 0.400. The van der Waals surface area contributed by atoms with Crippen molar-refractivity contribution in [3.8, 4) is 5.75 Å². The van der Waals surface area contributed by atoms with Gasteiger partial charge < -0.3 is 21.1 Å². The second-order valence-corrected chi connectivity index (χ2v) is 5.17. The number of carbonyl (C=O) groups is 3. The van der Waals surface area contributed by atoms with Crippen molar-refractivity contribution in [1.29, 1.82) is 0 Å². The van der Waals surface area contributed by atoms with E-state index in [4.69, 9.17) is 10.5 Å². The smallest absolute Gasteiger partial charge is 0.330 e. The normalized spacial score (nSPS) is 11.7. The first-order valence-corrected chi connectivity index (χ1v) is 6.91. The van der Waals surface area contributed by atoms with Gasteiger partial charge in [-0.05, 0) is 30.2 Å². The molecule has 0 unspecified atom stereocenters. The van der Waals surface area contributed by atoms with E-state index >= 15 is 0 Å². The maximum Gasteiger partial charge on any atom is 0.330 e. The zero-order chi connectivity index (χ0) is 16.7. The molecule has 22 heavy (non-hydrogen) atoms. The summed E-state index contributed by atoms with van der Waals surface area (Å²) in [6.07, 6.45) is 0. The number of anilines is 1. The first kappa shape index (κ1) is 17.6. The van der Waals surface area contributed by atoms with Crippen LogP contribution in [-0.2, 0) is 14.4 Å². The fourth-order valence-corrected chi connectivity index (χ4v) is 1.56. The van der Waals surface area contributed by atoms with Crippen LogP contribution in [0.2, 0.25) is 0 Å². The SMILES string of the molecule is CC(=O)Nc1ccc(OC(=O)CNC(=O)[C@@H](N)C(C)C)cc1. The van der Waals surface area contributed by atoms with Crippen LogP contribution >= 0.6 is 0 Å². The number of esters is 1. The van der Waals surface area contributed by atoms with Crippen molar-refractivity contribution in [3.63, 3.8) is 0 Å². The highest BCUT2D eigenvalue weighted by atomic mass is 16.5. The van der Waals surface area contributed by atoms with Crippen LogP contribution in [0.1, 0.15) is 20.8 Å². The van der Waals surface area contributed by atoms with E-state index in [1.54, 1.807) is 24.3 Å². The molecule has 0 saturated heterocycles. The van der Waals surface area contributed by atoms with Gasteiger partial charge in [0, 0.05) is 12.6 Å². The average molecular weight is 307 g/mol. The van der Waals surface area contributed by atoms with E-state index in [0.717, 1.165) is 0 Å². The fourth-order valence-electron chi connectivity index (χ4n) is 1.56. The molecule has 0 spiro atoms. The van der Waals surface area contributed by atoms with Gasteiger partial charge in [0.15, 0.2) is 0 Å². The van der Waals surface area contributed by atoms with Crippen molar-refractivity contribution in [2.24, 2.45) is 11.7 Å². The van der Waals surface area contributed by atoms with Crippen molar-refractivity contribution in [3.05, 3.63) is 24.3 Å². The largest absolute Gasteiger partial charge is 0.425 e. The zero-order valence-electron chi connectivity index (χ0n) is 12.9. The summed E-state index contributed by atoms with van der Waals surface area (Å²) in [6.45, 7) is 4.78. The van der Waals surface area contributed by atoms with Gasteiger partial charge in [0.25, 0.3) is 0 Å². The molecule has 1 aromatic rings. The summed E-state index contributed by atoms with van der Waals surface area (Å²) in [4.78, 5) is 34.1. The minimum atomic E-state index is -0.662. The maximum atomic E-state index is 11.6. The van der Waals surface area contributed by atoms with Gasteiger partial charge in [-0.25, -0.2) is 4.79 Å². The van der Waals surface area contributed by atoms with E-state index in [1.807, 2.05) is 13.8 Å². The molecule has 1 aromatic carbocycles. The molecule has 0 aliphatic rings. The Hall–Kier alpha value is -2.41. The number of amides is 2. The monoisotopic (exact) mass is 307 g/mol. The van der Waals surface area contributed by atoms with Crippen LogP contribution in [0, 0.1) is 5.92 Å². The lowest BCUT2D eigenvalue weighted by molar-refractivity contribution is -0.136. The summed E-state index contributed by atoms with van der Waals surface area (Å²) in [5.41, 5.74) is 6.26. The molecule has 1 rings (SSSR count). The lowest BCUT2D eigenvalue weighted by Gasteiger charge is -2.14. The number of nitrogens with one attached hydrogen (secondary N) is 2. The third-order valence-electron chi connectivity index (χ3n) is 2.83. The van der Waals surface area contributed by atoms with E-state index in [-0.39, 0.29) is 18.4 Å². The van der Waals surface area contributed by atoms with Crippen LogP contribution < -0.4 is 21.1 Å². The van der Waals surface area contributed by atoms with Crippen LogP contribution in [0.3, 0.4) is 0 Å². The van der Waals surface area contributed by atoms with Crippen molar-refractivity contribution in [2.45, 2.75) is 26.8 Å². The Morgan fingerprint density at radius 2 is 1.77 bits per heavy atom. The van der Waals surface area contributed by atoms with Gasteiger partial charge in [-0.15, -0.1) is 0 Å². The first-order chi connectivity index (χ1) is 10.3. The Kier molecular flexibility index (Phi) is 6.52. The molecule has 7 nitrogen and oxygen atoms in total. The van der Waals surface area contributed by atoms with Gasteiger partial charge >= 0.3 is 5.97 Å². The molecule has 0 heterocycles. The molecule has 120 valence electrons. The third-order valence-corrected chi connectivity index (χ3v) is 2.83. The molecule has 0 aromatic heterocycles. The standard InChI is InChI=1S/C15H21N3O4/c1-9(2)14(16)15(21)17-8-13(20)22-12-6-4-11(5-7-12)18-10(3)19/h4-7,9,14H,8,16H2,1-3H3,(H,17,21)(H,18,19)/t14-/m0/s1. The van der Waals surface area contributed by atoms with Crippen LogP contribution in [-0.4, -0.2) is 30.4 Å². The van der Waals surface area contributed by atoms with Gasteiger partial charge in [0.05, 0.1) is 6.04 Å². The lowest BCUT2D eigenvalue weighted by atomic mass is 10.1. The van der Waals surface area contributed by atoms with Crippen LogP contribution in [0.15, 0.2) is 24.3 Å². The Balaban J connectivity index is 2.45. The van der Waals surface area contributed by atoms with E-state index in [2.05, 4.69) is 10.6 Å². The quantitative estimate of drug-likeness (QED) is 0.528. The second kappa shape index (κ2) is 8.14. The van der Waals surface area contributed by atoms with E-state index in [0.29, 0.717) is 11.4 Å². The molecule has 4 N–H and O–H groups in total. The highest BCUT2D eigenvalue weighted by molar-refractivity contribution is 5.89. The number of nitrogens with two attached hydrogens (primary N) is 1. The molecular formula is C15H21N3O4. The molecule has 0 aliphatic carbocycles. The number of hydrogen-bond donors (Lipinski definition) is 3. The summed E-state index contributed by atoms with van der Waals surface area (Å²) in [7, 11) is 0. The minimum absolute atomic E-state index is 0.0164. The number of hydrogen-bond acceptors (Lipinski definition) is 5. The Morgan fingerprint density at radius 3 is 2.27 bits per heavy atom. The van der Waals surface area contributed by atoms with E-state index < -0.39 is 17.9 Å².